The minimum atomic E-state index is -0.277. The molecule has 18 heavy (non-hydrogen) atoms. The lowest BCUT2D eigenvalue weighted by molar-refractivity contribution is 0.159. The van der Waals surface area contributed by atoms with Crippen LogP contribution in [0, 0.1) is 11.3 Å². The molecule has 1 aliphatic rings. The largest absolute Gasteiger partial charge is 0.483 e. The maximum atomic E-state index is 8.85. The fraction of sp³-hybridized carbons (Fsp3) is 0.200. The number of aromatic nitrogens is 1. The standard InChI is InChI=1S/C15H12N2O/c1-15(2)8-7-12-11-4-3-10(9-16)17-13(11)5-6-14(12)18-15/h3-8H,1-2H3. The third kappa shape index (κ3) is 1.63. The lowest BCUT2D eigenvalue weighted by Crippen LogP contribution is -2.27. The van der Waals surface area contributed by atoms with Crippen molar-refractivity contribution < 1.29 is 4.74 Å². The van der Waals surface area contributed by atoms with Gasteiger partial charge in [0, 0.05) is 10.9 Å². The molecule has 88 valence electrons. The van der Waals surface area contributed by atoms with E-state index in [1.165, 1.54) is 0 Å². The van der Waals surface area contributed by atoms with E-state index in [2.05, 4.69) is 17.1 Å². The molecule has 0 amide bonds. The predicted octanol–water partition coefficient (Wildman–Crippen LogP) is 3.29. The highest BCUT2D eigenvalue weighted by Gasteiger charge is 2.22. The van der Waals surface area contributed by atoms with E-state index in [0.717, 1.165) is 22.2 Å². The Hall–Kier alpha value is -2.34. The number of fused-ring (bicyclic) bond motifs is 3. The van der Waals surface area contributed by atoms with E-state index in [4.69, 9.17) is 10.00 Å². The number of hydrogen-bond donors (Lipinski definition) is 0. The van der Waals surface area contributed by atoms with Crippen LogP contribution in [-0.2, 0) is 0 Å². The smallest absolute Gasteiger partial charge is 0.141 e. The van der Waals surface area contributed by atoms with Crippen LogP contribution in [0.4, 0.5) is 0 Å². The molecule has 3 rings (SSSR count). The van der Waals surface area contributed by atoms with E-state index in [0.29, 0.717) is 5.69 Å². The number of benzene rings is 1. The number of nitriles is 1. The molecule has 0 saturated heterocycles. The van der Waals surface area contributed by atoms with Gasteiger partial charge in [0.25, 0.3) is 0 Å². The molecule has 0 saturated carbocycles. The second-order valence-corrected chi connectivity index (χ2v) is 4.89. The van der Waals surface area contributed by atoms with Crippen LogP contribution in [0.1, 0.15) is 25.1 Å². The van der Waals surface area contributed by atoms with E-state index >= 15 is 0 Å². The first-order chi connectivity index (χ1) is 8.59. The molecule has 0 spiro atoms. The van der Waals surface area contributed by atoms with Crippen LogP contribution in [0.15, 0.2) is 30.3 Å². The lowest BCUT2D eigenvalue weighted by Gasteiger charge is -2.28. The van der Waals surface area contributed by atoms with Crippen LogP contribution >= 0.6 is 0 Å². The molecular weight excluding hydrogens is 224 g/mol. The van der Waals surface area contributed by atoms with Crippen molar-refractivity contribution in [3.63, 3.8) is 0 Å². The molecule has 0 bridgehead atoms. The van der Waals surface area contributed by atoms with E-state index in [1.807, 2.05) is 38.1 Å². The van der Waals surface area contributed by atoms with Crippen LogP contribution in [0.25, 0.3) is 17.0 Å². The Balaban J connectivity index is 2.26. The van der Waals surface area contributed by atoms with Crippen molar-refractivity contribution in [3.05, 3.63) is 41.6 Å². The van der Waals surface area contributed by atoms with E-state index in [-0.39, 0.29) is 5.60 Å². The SMILES string of the molecule is CC1(C)C=Cc2c(ccc3nc(C#N)ccc23)O1. The van der Waals surface area contributed by atoms with Gasteiger partial charge < -0.3 is 4.74 Å². The van der Waals surface area contributed by atoms with Gasteiger partial charge >= 0.3 is 0 Å². The summed E-state index contributed by atoms with van der Waals surface area (Å²) in [6, 6.07) is 9.51. The predicted molar refractivity (Wildman–Crippen MR) is 70.2 cm³/mol. The van der Waals surface area contributed by atoms with Crippen molar-refractivity contribution in [1.29, 1.82) is 5.26 Å². The van der Waals surface area contributed by atoms with Crippen molar-refractivity contribution in [2.45, 2.75) is 19.4 Å². The number of hydrogen-bond acceptors (Lipinski definition) is 3. The molecule has 1 aliphatic heterocycles. The van der Waals surface area contributed by atoms with Crippen molar-refractivity contribution in [3.8, 4) is 11.8 Å². The van der Waals surface area contributed by atoms with Gasteiger partial charge in [0.1, 0.15) is 23.1 Å². The van der Waals surface area contributed by atoms with Crippen molar-refractivity contribution in [2.24, 2.45) is 0 Å². The number of nitrogens with zero attached hydrogens (tertiary/aromatic N) is 2. The van der Waals surface area contributed by atoms with Crippen LogP contribution in [-0.4, -0.2) is 10.6 Å². The fourth-order valence-corrected chi connectivity index (χ4v) is 2.13. The first-order valence-corrected chi connectivity index (χ1v) is 5.81. The van der Waals surface area contributed by atoms with Crippen LogP contribution < -0.4 is 4.74 Å². The second kappa shape index (κ2) is 3.58. The third-order valence-electron chi connectivity index (χ3n) is 3.01. The number of rotatable bonds is 0. The molecule has 0 N–H and O–H groups in total. The highest BCUT2D eigenvalue weighted by molar-refractivity contribution is 5.91. The molecule has 2 heterocycles. The Bertz CT molecular complexity index is 708. The van der Waals surface area contributed by atoms with Gasteiger partial charge in [0.15, 0.2) is 0 Å². The summed E-state index contributed by atoms with van der Waals surface area (Å²) in [6.45, 7) is 4.04. The summed E-state index contributed by atoms with van der Waals surface area (Å²) in [7, 11) is 0. The summed E-state index contributed by atoms with van der Waals surface area (Å²) in [4.78, 5) is 4.29. The van der Waals surface area contributed by atoms with Crippen LogP contribution in [0.2, 0.25) is 0 Å². The van der Waals surface area contributed by atoms with Gasteiger partial charge in [-0.2, -0.15) is 5.26 Å². The molecule has 1 aromatic carbocycles. The average molecular weight is 236 g/mol. The summed E-state index contributed by atoms with van der Waals surface area (Å²) < 4.78 is 5.90. The molecule has 2 aromatic rings. The zero-order chi connectivity index (χ0) is 12.8. The maximum absolute atomic E-state index is 8.85. The van der Waals surface area contributed by atoms with Crippen molar-refractivity contribution in [1.82, 2.24) is 4.98 Å². The van der Waals surface area contributed by atoms with Crippen molar-refractivity contribution >= 4 is 17.0 Å². The van der Waals surface area contributed by atoms with Crippen LogP contribution in [0.3, 0.4) is 0 Å². The Labute approximate surface area is 105 Å². The van der Waals surface area contributed by atoms with Gasteiger partial charge in [0.2, 0.25) is 0 Å². The van der Waals surface area contributed by atoms with Gasteiger partial charge in [-0.25, -0.2) is 4.98 Å². The van der Waals surface area contributed by atoms with Gasteiger partial charge in [-0.3, -0.25) is 0 Å². The molecule has 1 aromatic heterocycles. The molecule has 0 unspecified atom stereocenters. The molecule has 0 radical (unpaired) electrons. The molecule has 3 heteroatoms. The van der Waals surface area contributed by atoms with Crippen molar-refractivity contribution in [2.75, 3.05) is 0 Å². The summed E-state index contributed by atoms with van der Waals surface area (Å²) >= 11 is 0. The minimum Gasteiger partial charge on any atom is -0.483 e. The molecule has 0 fully saturated rings. The summed E-state index contributed by atoms with van der Waals surface area (Å²) in [5, 5.41) is 9.87. The minimum absolute atomic E-state index is 0.277. The molecule has 3 nitrogen and oxygen atoms in total. The zero-order valence-corrected chi connectivity index (χ0v) is 10.3. The van der Waals surface area contributed by atoms with E-state index in [1.54, 1.807) is 6.07 Å². The molecular formula is C15H12N2O. The van der Waals surface area contributed by atoms with Crippen LogP contribution in [0.5, 0.6) is 5.75 Å². The second-order valence-electron chi connectivity index (χ2n) is 4.89. The fourth-order valence-electron chi connectivity index (χ4n) is 2.13. The summed E-state index contributed by atoms with van der Waals surface area (Å²) in [5.41, 5.74) is 2.01. The normalized spacial score (nSPS) is 15.8. The summed E-state index contributed by atoms with van der Waals surface area (Å²) in [5.74, 6) is 0.863. The number of ether oxygens (including phenoxy) is 1. The highest BCUT2D eigenvalue weighted by Crippen LogP contribution is 2.35. The number of pyridine rings is 1. The van der Waals surface area contributed by atoms with Gasteiger partial charge in [-0.05, 0) is 44.2 Å². The zero-order valence-electron chi connectivity index (χ0n) is 10.3. The Morgan fingerprint density at radius 2 is 2.06 bits per heavy atom. The highest BCUT2D eigenvalue weighted by atomic mass is 16.5. The first-order valence-electron chi connectivity index (χ1n) is 5.81. The monoisotopic (exact) mass is 236 g/mol. The van der Waals surface area contributed by atoms with Gasteiger partial charge in [-0.15, -0.1) is 0 Å². The third-order valence-corrected chi connectivity index (χ3v) is 3.01. The van der Waals surface area contributed by atoms with Gasteiger partial charge in [-0.1, -0.05) is 6.08 Å². The topological polar surface area (TPSA) is 45.9 Å². The van der Waals surface area contributed by atoms with E-state index in [9.17, 15) is 0 Å². The van der Waals surface area contributed by atoms with Gasteiger partial charge in [0.05, 0.1) is 5.52 Å². The quantitative estimate of drug-likeness (QED) is 0.705. The molecule has 0 aliphatic carbocycles. The Morgan fingerprint density at radius 3 is 2.83 bits per heavy atom. The Kier molecular flexibility index (Phi) is 2.14. The lowest BCUT2D eigenvalue weighted by atomic mass is 9.99. The first kappa shape index (κ1) is 10.8. The Morgan fingerprint density at radius 1 is 1.22 bits per heavy atom. The molecule has 0 atom stereocenters. The summed E-state index contributed by atoms with van der Waals surface area (Å²) in [6.07, 6.45) is 4.10. The average Bonchev–Trinajstić information content (AvgIpc) is 2.36. The maximum Gasteiger partial charge on any atom is 0.141 e. The van der Waals surface area contributed by atoms with E-state index < -0.39 is 0 Å².